The average Bonchev–Trinajstić information content (AvgIpc) is 2.97. The quantitative estimate of drug-likeness (QED) is 0.854. The van der Waals surface area contributed by atoms with Crippen molar-refractivity contribution in [2.75, 3.05) is 13.1 Å². The molecule has 1 aliphatic heterocycles. The molecule has 0 radical (unpaired) electrons. The number of benzene rings is 1. The highest BCUT2D eigenvalue weighted by atomic mass is 19.2. The van der Waals surface area contributed by atoms with Gasteiger partial charge in [0.15, 0.2) is 23.3 Å². The molecule has 0 saturated carbocycles. The molecule has 0 spiro atoms. The monoisotopic (exact) mass is 296 g/mol. The van der Waals surface area contributed by atoms with Crippen LogP contribution in [0.1, 0.15) is 36.0 Å². The van der Waals surface area contributed by atoms with E-state index in [4.69, 9.17) is 0 Å². The third kappa shape index (κ3) is 2.92. The van der Waals surface area contributed by atoms with Gasteiger partial charge in [0.05, 0.1) is 0 Å². The lowest BCUT2D eigenvalue weighted by Gasteiger charge is -2.19. The molecule has 1 aromatic carbocycles. The van der Waals surface area contributed by atoms with Crippen LogP contribution in [0.3, 0.4) is 0 Å². The van der Waals surface area contributed by atoms with Crippen molar-refractivity contribution in [3.05, 3.63) is 46.8 Å². The molecular formula is C14H15F3N4. The fraction of sp³-hybridized carbons (Fsp3) is 0.429. The van der Waals surface area contributed by atoms with Gasteiger partial charge in [0.1, 0.15) is 5.82 Å². The standard InChI is InChI=1S/C14H15F3N4/c15-10-4-3-8(12(16)13(10)17)6-11-19-14(21-20-11)9-2-1-5-18-7-9/h3-4,9,18H,1-2,5-7H2,(H,19,20,21). The minimum Gasteiger partial charge on any atom is -0.316 e. The third-order valence-corrected chi connectivity index (χ3v) is 3.68. The van der Waals surface area contributed by atoms with Crippen LogP contribution in [-0.4, -0.2) is 28.3 Å². The van der Waals surface area contributed by atoms with Crippen molar-refractivity contribution in [3.63, 3.8) is 0 Å². The molecule has 1 saturated heterocycles. The first-order valence-electron chi connectivity index (χ1n) is 6.89. The van der Waals surface area contributed by atoms with Gasteiger partial charge in [0.25, 0.3) is 0 Å². The summed E-state index contributed by atoms with van der Waals surface area (Å²) >= 11 is 0. The predicted octanol–water partition coefficient (Wildman–Crippen LogP) is 2.28. The summed E-state index contributed by atoms with van der Waals surface area (Å²) in [6, 6.07) is 2.13. The van der Waals surface area contributed by atoms with Crippen LogP contribution in [-0.2, 0) is 6.42 Å². The van der Waals surface area contributed by atoms with E-state index in [1.165, 1.54) is 6.07 Å². The van der Waals surface area contributed by atoms with Crippen molar-refractivity contribution in [2.24, 2.45) is 0 Å². The molecule has 2 aromatic rings. The molecule has 4 nitrogen and oxygen atoms in total. The maximum atomic E-state index is 13.6. The maximum Gasteiger partial charge on any atom is 0.194 e. The summed E-state index contributed by atoms with van der Waals surface area (Å²) < 4.78 is 39.7. The average molecular weight is 296 g/mol. The number of nitrogens with one attached hydrogen (secondary N) is 2. The Balaban J connectivity index is 1.77. The second-order valence-corrected chi connectivity index (χ2v) is 5.19. The molecule has 1 atom stereocenters. The zero-order valence-electron chi connectivity index (χ0n) is 11.3. The summed E-state index contributed by atoms with van der Waals surface area (Å²) in [6.45, 7) is 1.81. The number of piperidine rings is 1. The van der Waals surface area contributed by atoms with E-state index in [9.17, 15) is 13.2 Å². The first-order chi connectivity index (χ1) is 10.1. The Labute approximate surface area is 119 Å². The van der Waals surface area contributed by atoms with Crippen LogP contribution in [0.15, 0.2) is 12.1 Å². The number of nitrogens with zero attached hydrogens (tertiary/aromatic N) is 2. The van der Waals surface area contributed by atoms with Crippen LogP contribution >= 0.6 is 0 Å². The van der Waals surface area contributed by atoms with Gasteiger partial charge >= 0.3 is 0 Å². The zero-order chi connectivity index (χ0) is 14.8. The van der Waals surface area contributed by atoms with E-state index in [2.05, 4.69) is 20.5 Å². The predicted molar refractivity (Wildman–Crippen MR) is 70.3 cm³/mol. The van der Waals surface area contributed by atoms with E-state index >= 15 is 0 Å². The Morgan fingerprint density at radius 2 is 2.05 bits per heavy atom. The van der Waals surface area contributed by atoms with E-state index in [1.807, 2.05) is 0 Å². The summed E-state index contributed by atoms with van der Waals surface area (Å²) in [5.41, 5.74) is 0.0540. The van der Waals surface area contributed by atoms with Crippen LogP contribution in [0, 0.1) is 17.5 Å². The Morgan fingerprint density at radius 3 is 2.81 bits per heavy atom. The van der Waals surface area contributed by atoms with Crippen molar-refractivity contribution in [3.8, 4) is 0 Å². The molecule has 2 heterocycles. The van der Waals surface area contributed by atoms with E-state index in [0.717, 1.165) is 32.0 Å². The highest BCUT2D eigenvalue weighted by Gasteiger charge is 2.20. The SMILES string of the molecule is Fc1ccc(Cc2nc(C3CCCNC3)n[nH]2)c(F)c1F. The van der Waals surface area contributed by atoms with Gasteiger partial charge in [0.2, 0.25) is 0 Å². The lowest BCUT2D eigenvalue weighted by Crippen LogP contribution is -2.28. The largest absolute Gasteiger partial charge is 0.316 e. The minimum absolute atomic E-state index is 0.0518. The van der Waals surface area contributed by atoms with Crippen molar-refractivity contribution < 1.29 is 13.2 Å². The summed E-state index contributed by atoms with van der Waals surface area (Å²) in [6.07, 6.45) is 2.12. The van der Waals surface area contributed by atoms with Gasteiger partial charge in [-0.25, -0.2) is 18.2 Å². The van der Waals surface area contributed by atoms with Crippen molar-refractivity contribution in [1.29, 1.82) is 0 Å². The van der Waals surface area contributed by atoms with Gasteiger partial charge in [-0.3, -0.25) is 5.10 Å². The number of halogens is 3. The summed E-state index contributed by atoms with van der Waals surface area (Å²) in [7, 11) is 0. The fourth-order valence-electron chi connectivity index (χ4n) is 2.53. The Kier molecular flexibility index (Phi) is 3.92. The number of aromatic nitrogens is 3. The summed E-state index contributed by atoms with van der Waals surface area (Å²) in [4.78, 5) is 4.33. The molecule has 1 aromatic heterocycles. The molecule has 112 valence electrons. The van der Waals surface area contributed by atoms with Crippen molar-refractivity contribution >= 4 is 0 Å². The molecule has 0 bridgehead atoms. The van der Waals surface area contributed by atoms with Crippen LogP contribution in [0.2, 0.25) is 0 Å². The van der Waals surface area contributed by atoms with E-state index in [1.54, 1.807) is 0 Å². The van der Waals surface area contributed by atoms with Gasteiger partial charge in [-0.1, -0.05) is 6.07 Å². The second-order valence-electron chi connectivity index (χ2n) is 5.19. The number of aromatic amines is 1. The number of hydrogen-bond acceptors (Lipinski definition) is 3. The smallest absolute Gasteiger partial charge is 0.194 e. The molecule has 0 amide bonds. The molecule has 1 fully saturated rings. The highest BCUT2D eigenvalue weighted by Crippen LogP contribution is 2.21. The van der Waals surface area contributed by atoms with Gasteiger partial charge in [-0.15, -0.1) is 0 Å². The number of hydrogen-bond donors (Lipinski definition) is 2. The van der Waals surface area contributed by atoms with Crippen molar-refractivity contribution in [1.82, 2.24) is 20.5 Å². The Morgan fingerprint density at radius 1 is 1.19 bits per heavy atom. The summed E-state index contributed by atoms with van der Waals surface area (Å²) in [5, 5.41) is 10.2. The third-order valence-electron chi connectivity index (χ3n) is 3.68. The minimum atomic E-state index is -1.45. The van der Waals surface area contributed by atoms with Gasteiger partial charge in [0, 0.05) is 18.9 Å². The van der Waals surface area contributed by atoms with Crippen LogP contribution < -0.4 is 5.32 Å². The molecule has 7 heteroatoms. The second kappa shape index (κ2) is 5.85. The van der Waals surface area contributed by atoms with Crippen LogP contribution in [0.25, 0.3) is 0 Å². The normalized spacial score (nSPS) is 18.9. The van der Waals surface area contributed by atoms with Crippen molar-refractivity contribution in [2.45, 2.75) is 25.2 Å². The molecule has 3 rings (SSSR count). The van der Waals surface area contributed by atoms with Gasteiger partial charge < -0.3 is 5.32 Å². The molecule has 1 unspecified atom stereocenters. The van der Waals surface area contributed by atoms with E-state index in [-0.39, 0.29) is 17.9 Å². The topological polar surface area (TPSA) is 53.6 Å². The molecule has 21 heavy (non-hydrogen) atoms. The van der Waals surface area contributed by atoms with E-state index in [0.29, 0.717) is 11.6 Å². The summed E-state index contributed by atoms with van der Waals surface area (Å²) in [5.74, 6) is -2.46. The van der Waals surface area contributed by atoms with Gasteiger partial charge in [-0.2, -0.15) is 5.10 Å². The highest BCUT2D eigenvalue weighted by molar-refractivity contribution is 5.23. The first-order valence-corrected chi connectivity index (χ1v) is 6.89. The Hall–Kier alpha value is -1.89. The fourth-order valence-corrected chi connectivity index (χ4v) is 2.53. The lowest BCUT2D eigenvalue weighted by molar-refractivity contribution is 0.441. The molecule has 0 aliphatic carbocycles. The van der Waals surface area contributed by atoms with Crippen LogP contribution in [0.4, 0.5) is 13.2 Å². The zero-order valence-corrected chi connectivity index (χ0v) is 11.3. The lowest BCUT2D eigenvalue weighted by atomic mass is 9.99. The Bertz CT molecular complexity index is 635. The van der Waals surface area contributed by atoms with Crippen LogP contribution in [0.5, 0.6) is 0 Å². The number of H-pyrrole nitrogens is 1. The number of rotatable bonds is 3. The molecule has 1 aliphatic rings. The molecular weight excluding hydrogens is 281 g/mol. The molecule has 2 N–H and O–H groups in total. The van der Waals surface area contributed by atoms with Gasteiger partial charge in [-0.05, 0) is 31.0 Å². The first kappa shape index (κ1) is 14.1. The maximum absolute atomic E-state index is 13.6. The van der Waals surface area contributed by atoms with E-state index < -0.39 is 17.5 Å².